The van der Waals surface area contributed by atoms with E-state index in [1.165, 1.54) is 10.4 Å². The van der Waals surface area contributed by atoms with Crippen molar-refractivity contribution in [3.05, 3.63) is 23.8 Å². The summed E-state index contributed by atoms with van der Waals surface area (Å²) in [6, 6.07) is 4.84. The molecule has 6 heteroatoms. The highest BCUT2D eigenvalue weighted by Crippen LogP contribution is 2.32. The van der Waals surface area contributed by atoms with Crippen molar-refractivity contribution in [3.63, 3.8) is 0 Å². The number of anilines is 1. The Bertz CT molecular complexity index is 592. The van der Waals surface area contributed by atoms with Crippen molar-refractivity contribution >= 4 is 15.7 Å². The number of nitrogens with two attached hydrogens (primary N) is 1. The van der Waals surface area contributed by atoms with E-state index in [1.807, 2.05) is 13.8 Å². The highest BCUT2D eigenvalue weighted by molar-refractivity contribution is 7.89. The third kappa shape index (κ3) is 2.68. The fourth-order valence-corrected chi connectivity index (χ4v) is 4.24. The highest BCUT2D eigenvalue weighted by Gasteiger charge is 2.46. The summed E-state index contributed by atoms with van der Waals surface area (Å²) in [5.41, 5.74) is 6.43. The van der Waals surface area contributed by atoms with Crippen molar-refractivity contribution in [1.82, 2.24) is 4.31 Å². The van der Waals surface area contributed by atoms with Crippen LogP contribution in [-0.4, -0.2) is 36.5 Å². The van der Waals surface area contributed by atoms with E-state index < -0.39 is 15.6 Å². The number of β-amino-alcohol motifs (C(OH)–C–C–N with tert-alkyl or cyclic N) is 1. The molecule has 1 heterocycles. The first-order valence-electron chi connectivity index (χ1n) is 6.93. The third-order valence-corrected chi connectivity index (χ3v) is 5.58. The molecule has 3 N–H and O–H groups in total. The van der Waals surface area contributed by atoms with Gasteiger partial charge in [0.1, 0.15) is 0 Å². The van der Waals surface area contributed by atoms with E-state index in [0.29, 0.717) is 12.1 Å². The maximum atomic E-state index is 12.4. The Balaban J connectivity index is 2.19. The highest BCUT2D eigenvalue weighted by atomic mass is 32.2. The van der Waals surface area contributed by atoms with Crippen LogP contribution in [0.25, 0.3) is 0 Å². The third-order valence-electron chi connectivity index (χ3n) is 3.79. The van der Waals surface area contributed by atoms with Crippen LogP contribution in [0.2, 0.25) is 0 Å². The Morgan fingerprint density at radius 3 is 2.50 bits per heavy atom. The van der Waals surface area contributed by atoms with E-state index in [4.69, 9.17) is 5.73 Å². The van der Waals surface area contributed by atoms with Gasteiger partial charge in [0.25, 0.3) is 0 Å². The van der Waals surface area contributed by atoms with Gasteiger partial charge in [-0.3, -0.25) is 0 Å². The van der Waals surface area contributed by atoms with E-state index in [1.54, 1.807) is 12.1 Å². The molecule has 0 amide bonds. The number of nitrogen functional groups attached to an aromatic ring is 1. The molecule has 0 unspecified atom stereocenters. The second-order valence-corrected chi connectivity index (χ2v) is 7.40. The second-order valence-electron chi connectivity index (χ2n) is 5.46. The molecular formula is C14H22N2O3S. The van der Waals surface area contributed by atoms with Gasteiger partial charge in [-0.1, -0.05) is 26.3 Å². The molecule has 1 aliphatic heterocycles. The molecule has 1 aromatic rings. The van der Waals surface area contributed by atoms with Crippen LogP contribution in [0.4, 0.5) is 5.69 Å². The number of aryl methyl sites for hydroxylation is 1. The van der Waals surface area contributed by atoms with Crippen LogP contribution in [0.3, 0.4) is 0 Å². The fourth-order valence-electron chi connectivity index (χ4n) is 2.61. The van der Waals surface area contributed by atoms with Gasteiger partial charge < -0.3 is 10.8 Å². The van der Waals surface area contributed by atoms with Crippen molar-refractivity contribution in [1.29, 1.82) is 0 Å². The maximum Gasteiger partial charge on any atom is 0.243 e. The van der Waals surface area contributed by atoms with Gasteiger partial charge in [0.2, 0.25) is 10.0 Å². The van der Waals surface area contributed by atoms with Gasteiger partial charge in [-0.25, -0.2) is 8.42 Å². The van der Waals surface area contributed by atoms with E-state index in [2.05, 4.69) is 0 Å². The molecule has 1 aromatic carbocycles. The molecule has 5 nitrogen and oxygen atoms in total. The number of aliphatic hydroxyl groups is 1. The van der Waals surface area contributed by atoms with Crippen molar-refractivity contribution in [2.75, 3.05) is 18.8 Å². The van der Waals surface area contributed by atoms with Crippen LogP contribution < -0.4 is 5.73 Å². The van der Waals surface area contributed by atoms with Gasteiger partial charge in [-0.2, -0.15) is 4.31 Å². The van der Waals surface area contributed by atoms with Crippen molar-refractivity contribution in [3.8, 4) is 0 Å². The molecule has 0 spiro atoms. The fraction of sp³-hybridized carbons (Fsp3) is 0.571. The average Bonchev–Trinajstić information content (AvgIpc) is 2.36. The topological polar surface area (TPSA) is 83.6 Å². The minimum absolute atomic E-state index is 0.165. The van der Waals surface area contributed by atoms with Gasteiger partial charge in [-0.05, 0) is 30.5 Å². The van der Waals surface area contributed by atoms with E-state index in [9.17, 15) is 13.5 Å². The van der Waals surface area contributed by atoms with Crippen LogP contribution >= 0.6 is 0 Å². The smallest absolute Gasteiger partial charge is 0.243 e. The van der Waals surface area contributed by atoms with Gasteiger partial charge in [0, 0.05) is 18.8 Å². The molecule has 1 aliphatic rings. The van der Waals surface area contributed by atoms with Crippen molar-refractivity contribution in [2.24, 2.45) is 0 Å². The van der Waals surface area contributed by atoms with Crippen molar-refractivity contribution < 1.29 is 13.5 Å². The Morgan fingerprint density at radius 1 is 1.35 bits per heavy atom. The number of benzene rings is 1. The first-order chi connectivity index (χ1) is 9.32. The molecule has 0 radical (unpaired) electrons. The van der Waals surface area contributed by atoms with Crippen LogP contribution in [-0.2, 0) is 16.4 Å². The quantitative estimate of drug-likeness (QED) is 0.804. The molecule has 0 saturated carbocycles. The number of rotatable bonds is 5. The second kappa shape index (κ2) is 5.35. The molecule has 1 saturated heterocycles. The normalized spacial score (nSPS) is 18.8. The first-order valence-corrected chi connectivity index (χ1v) is 8.37. The van der Waals surface area contributed by atoms with Crippen LogP contribution in [0, 0.1) is 0 Å². The standard InChI is InChI=1S/C14H22N2O3S/c1-3-7-14(17)9-16(10-14)20(18,19)12-6-5-11(4-2)13(15)8-12/h5-6,8,17H,3-4,7,9-10,15H2,1-2H3. The minimum atomic E-state index is -3.55. The molecule has 0 bridgehead atoms. The summed E-state index contributed by atoms with van der Waals surface area (Å²) in [5.74, 6) is 0. The number of hydrogen-bond donors (Lipinski definition) is 2. The molecule has 0 aromatic heterocycles. The van der Waals surface area contributed by atoms with Gasteiger partial charge in [-0.15, -0.1) is 0 Å². The molecular weight excluding hydrogens is 276 g/mol. The zero-order chi connectivity index (χ0) is 15.0. The Hall–Kier alpha value is -1.11. The molecule has 0 atom stereocenters. The van der Waals surface area contributed by atoms with Crippen molar-refractivity contribution in [2.45, 2.75) is 43.6 Å². The summed E-state index contributed by atoms with van der Waals surface area (Å²) in [4.78, 5) is 0.200. The number of sulfonamides is 1. The van der Waals surface area contributed by atoms with E-state index >= 15 is 0 Å². The summed E-state index contributed by atoms with van der Waals surface area (Å²) < 4.78 is 26.1. The Kier molecular flexibility index (Phi) is 4.09. The summed E-state index contributed by atoms with van der Waals surface area (Å²) in [7, 11) is -3.55. The SMILES string of the molecule is CCCC1(O)CN(S(=O)(=O)c2ccc(CC)c(N)c2)C1. The first kappa shape index (κ1) is 15.3. The predicted molar refractivity (Wildman–Crippen MR) is 78.8 cm³/mol. The number of nitrogens with zero attached hydrogens (tertiary/aromatic N) is 1. The molecule has 1 fully saturated rings. The minimum Gasteiger partial charge on any atom is -0.398 e. The Morgan fingerprint density at radius 2 is 2.00 bits per heavy atom. The monoisotopic (exact) mass is 298 g/mol. The van der Waals surface area contributed by atoms with Crippen LogP contribution in [0.5, 0.6) is 0 Å². The summed E-state index contributed by atoms with van der Waals surface area (Å²) in [5, 5.41) is 10.1. The van der Waals surface area contributed by atoms with E-state index in [0.717, 1.165) is 18.4 Å². The lowest BCUT2D eigenvalue weighted by Crippen LogP contribution is -2.63. The largest absolute Gasteiger partial charge is 0.398 e. The average molecular weight is 298 g/mol. The molecule has 20 heavy (non-hydrogen) atoms. The molecule has 2 rings (SSSR count). The predicted octanol–water partition coefficient (Wildman–Crippen LogP) is 1.37. The van der Waals surface area contributed by atoms with Gasteiger partial charge in [0.05, 0.1) is 10.5 Å². The lowest BCUT2D eigenvalue weighted by molar-refractivity contribution is -0.0653. The lowest BCUT2D eigenvalue weighted by Gasteiger charge is -2.45. The lowest BCUT2D eigenvalue weighted by atomic mass is 9.92. The van der Waals surface area contributed by atoms with Gasteiger partial charge >= 0.3 is 0 Å². The van der Waals surface area contributed by atoms with Crippen LogP contribution in [0.1, 0.15) is 32.3 Å². The number of hydrogen-bond acceptors (Lipinski definition) is 4. The summed E-state index contributed by atoms with van der Waals surface area (Å²) >= 11 is 0. The summed E-state index contributed by atoms with van der Waals surface area (Å²) in [6.07, 6.45) is 2.23. The summed E-state index contributed by atoms with van der Waals surface area (Å²) in [6.45, 7) is 4.27. The molecule has 0 aliphatic carbocycles. The van der Waals surface area contributed by atoms with Crippen LogP contribution in [0.15, 0.2) is 23.1 Å². The zero-order valence-corrected chi connectivity index (χ0v) is 12.8. The van der Waals surface area contributed by atoms with E-state index in [-0.39, 0.29) is 18.0 Å². The molecule has 112 valence electrons. The maximum absolute atomic E-state index is 12.4. The zero-order valence-electron chi connectivity index (χ0n) is 12.0. The van der Waals surface area contributed by atoms with Gasteiger partial charge in [0.15, 0.2) is 0 Å². The Labute approximate surface area is 120 Å².